The molecule has 1 saturated heterocycles. The third-order valence-corrected chi connectivity index (χ3v) is 7.85. The van der Waals surface area contributed by atoms with Crippen molar-refractivity contribution in [2.45, 2.75) is 83.2 Å². The average molecular weight is 634 g/mol. The maximum atomic E-state index is 14.5. The minimum absolute atomic E-state index is 0.0356. The van der Waals surface area contributed by atoms with Gasteiger partial charge in [-0.15, -0.1) is 0 Å². The second-order valence-electron chi connectivity index (χ2n) is 12.9. The molecule has 0 aromatic heterocycles. The fraction of sp³-hybridized carbons (Fsp3) is 0.545. The number of likely N-dealkylation sites (tertiary alicyclic amines) is 1. The Bertz CT molecular complexity index is 1390. The monoisotopic (exact) mass is 633 g/mol. The van der Waals surface area contributed by atoms with Crippen LogP contribution in [-0.2, 0) is 20.4 Å². The molecule has 2 aromatic rings. The molecule has 45 heavy (non-hydrogen) atoms. The van der Waals surface area contributed by atoms with Gasteiger partial charge in [-0.25, -0.2) is 4.79 Å². The first-order valence-corrected chi connectivity index (χ1v) is 15.1. The molecule has 246 valence electrons. The van der Waals surface area contributed by atoms with Crippen LogP contribution >= 0.6 is 0 Å². The first kappa shape index (κ1) is 34.1. The number of amides is 3. The number of carbonyl (C=O) groups excluding carboxylic acids is 3. The van der Waals surface area contributed by atoms with Crippen LogP contribution in [0, 0.1) is 0 Å². The summed E-state index contributed by atoms with van der Waals surface area (Å²) in [6.45, 7) is 9.27. The Morgan fingerprint density at radius 1 is 1.09 bits per heavy atom. The number of nitrogens with zero attached hydrogens (tertiary/aromatic N) is 2. The lowest BCUT2D eigenvalue weighted by atomic mass is 9.85. The Morgan fingerprint density at radius 2 is 1.78 bits per heavy atom. The molecule has 2 aliphatic rings. The number of ether oxygens (including phenoxy) is 3. The van der Waals surface area contributed by atoms with Crippen LogP contribution < -0.4 is 15.0 Å². The van der Waals surface area contributed by atoms with E-state index in [4.69, 9.17) is 14.2 Å². The third-order valence-electron chi connectivity index (χ3n) is 7.85. The molecule has 1 fully saturated rings. The van der Waals surface area contributed by atoms with Crippen molar-refractivity contribution in [3.8, 4) is 5.75 Å². The van der Waals surface area contributed by atoms with Gasteiger partial charge in [0.1, 0.15) is 11.4 Å². The minimum Gasteiger partial charge on any atom is -0.476 e. The van der Waals surface area contributed by atoms with Gasteiger partial charge in [0.05, 0.1) is 22.9 Å². The van der Waals surface area contributed by atoms with Crippen LogP contribution in [0.25, 0.3) is 0 Å². The predicted octanol–water partition coefficient (Wildman–Crippen LogP) is 6.16. The summed E-state index contributed by atoms with van der Waals surface area (Å²) in [7, 11) is 1.56. The van der Waals surface area contributed by atoms with Crippen LogP contribution in [0.5, 0.6) is 5.75 Å². The quantitative estimate of drug-likeness (QED) is 0.350. The highest BCUT2D eigenvalue weighted by atomic mass is 19.4. The molecule has 9 nitrogen and oxygen atoms in total. The normalized spacial score (nSPS) is 19.9. The lowest BCUT2D eigenvalue weighted by molar-refractivity contribution is -0.138. The molecular formula is C33H42F3N3O6. The standard InChI is InChI=1S/C33H42F3N3O6/c1-31(2,3)45-30(42)38-16-14-22(21-12-8-7-9-13-21)25(20-38)37-28(40)23-18-26-27(19-24(23)33(34,35)36)44-32(4,5)29(41)39(26)15-10-11-17-43-6/h7-9,12-13,18-19,22,25H,10-11,14-17,20H2,1-6H3,(H,37,40)/t22-,25+/m1/s1. The molecule has 12 heteroatoms. The zero-order valence-corrected chi connectivity index (χ0v) is 26.6. The number of rotatable bonds is 8. The number of anilines is 1. The molecule has 0 bridgehead atoms. The number of unbranched alkanes of at least 4 members (excludes halogenated alkanes) is 1. The molecular weight excluding hydrogens is 591 g/mol. The first-order chi connectivity index (χ1) is 21.0. The second-order valence-corrected chi connectivity index (χ2v) is 12.9. The summed E-state index contributed by atoms with van der Waals surface area (Å²) in [4.78, 5) is 43.0. The number of methoxy groups -OCH3 is 1. The largest absolute Gasteiger partial charge is 0.476 e. The number of benzene rings is 2. The molecule has 2 atom stereocenters. The van der Waals surface area contributed by atoms with E-state index in [1.807, 2.05) is 30.3 Å². The molecule has 0 aliphatic carbocycles. The van der Waals surface area contributed by atoms with Gasteiger partial charge in [-0.3, -0.25) is 9.59 Å². The Morgan fingerprint density at radius 3 is 2.40 bits per heavy atom. The molecule has 2 aromatic carbocycles. The number of alkyl halides is 3. The van der Waals surface area contributed by atoms with E-state index in [0.717, 1.165) is 17.7 Å². The molecule has 1 N–H and O–H groups in total. The highest BCUT2D eigenvalue weighted by molar-refractivity contribution is 6.05. The maximum absolute atomic E-state index is 14.5. The number of halogens is 3. The summed E-state index contributed by atoms with van der Waals surface area (Å²) in [5, 5.41) is 2.80. The number of carbonyl (C=O) groups is 3. The molecule has 0 radical (unpaired) electrons. The van der Waals surface area contributed by atoms with Gasteiger partial charge in [0.2, 0.25) is 0 Å². The van der Waals surface area contributed by atoms with Crippen LogP contribution in [0.15, 0.2) is 42.5 Å². The van der Waals surface area contributed by atoms with Crippen molar-refractivity contribution in [2.24, 2.45) is 0 Å². The van der Waals surface area contributed by atoms with Gasteiger partial charge in [-0.1, -0.05) is 30.3 Å². The summed E-state index contributed by atoms with van der Waals surface area (Å²) >= 11 is 0. The number of piperidine rings is 1. The topological polar surface area (TPSA) is 97.4 Å². The van der Waals surface area contributed by atoms with Gasteiger partial charge in [-0.2, -0.15) is 13.2 Å². The summed E-state index contributed by atoms with van der Waals surface area (Å²) < 4.78 is 59.8. The number of hydrogen-bond donors (Lipinski definition) is 1. The SMILES string of the molecule is COCCCCN1C(=O)C(C)(C)Oc2cc(C(F)(F)F)c(C(=O)N[C@H]3CN(C(=O)OC(C)(C)C)CC[C@@H]3c3ccccc3)cc21. The van der Waals surface area contributed by atoms with Gasteiger partial charge in [0, 0.05) is 39.3 Å². The molecule has 3 amide bonds. The van der Waals surface area contributed by atoms with E-state index in [1.54, 1.807) is 27.9 Å². The Balaban J connectivity index is 1.71. The Hall–Kier alpha value is -3.80. The first-order valence-electron chi connectivity index (χ1n) is 15.1. The molecule has 0 saturated carbocycles. The highest BCUT2D eigenvalue weighted by Gasteiger charge is 2.45. The lowest BCUT2D eigenvalue weighted by Gasteiger charge is -2.40. The van der Waals surface area contributed by atoms with E-state index in [0.29, 0.717) is 32.4 Å². The fourth-order valence-corrected chi connectivity index (χ4v) is 5.71. The van der Waals surface area contributed by atoms with Gasteiger partial charge < -0.3 is 29.3 Å². The number of fused-ring (bicyclic) bond motifs is 1. The maximum Gasteiger partial charge on any atom is 0.417 e. The Labute approximate surface area is 262 Å². The van der Waals surface area contributed by atoms with Gasteiger partial charge >= 0.3 is 12.3 Å². The van der Waals surface area contributed by atoms with E-state index >= 15 is 0 Å². The zero-order chi connectivity index (χ0) is 33.2. The summed E-state index contributed by atoms with van der Waals surface area (Å²) in [6.07, 6.45) is -3.86. The van der Waals surface area contributed by atoms with Crippen LogP contribution in [-0.4, -0.2) is 73.4 Å². The molecule has 2 heterocycles. The van der Waals surface area contributed by atoms with E-state index in [9.17, 15) is 27.6 Å². The second kappa shape index (κ2) is 13.3. The van der Waals surface area contributed by atoms with Crippen molar-refractivity contribution in [3.05, 3.63) is 59.2 Å². The van der Waals surface area contributed by atoms with Crippen molar-refractivity contribution in [1.29, 1.82) is 0 Å². The fourth-order valence-electron chi connectivity index (χ4n) is 5.71. The van der Waals surface area contributed by atoms with Crippen molar-refractivity contribution in [3.63, 3.8) is 0 Å². The summed E-state index contributed by atoms with van der Waals surface area (Å²) in [5.41, 5.74) is -3.00. The van der Waals surface area contributed by atoms with Crippen molar-refractivity contribution in [2.75, 3.05) is 38.3 Å². The summed E-state index contributed by atoms with van der Waals surface area (Å²) in [5.74, 6) is -1.81. The van der Waals surface area contributed by atoms with Crippen molar-refractivity contribution < 1.29 is 41.8 Å². The van der Waals surface area contributed by atoms with Gasteiger partial charge in [0.15, 0.2) is 5.60 Å². The average Bonchev–Trinajstić information content (AvgIpc) is 2.95. The van der Waals surface area contributed by atoms with E-state index < -0.39 is 52.5 Å². The number of nitrogens with one attached hydrogen (secondary N) is 1. The summed E-state index contributed by atoms with van der Waals surface area (Å²) in [6, 6.07) is 10.5. The molecule has 0 unspecified atom stereocenters. The molecule has 4 rings (SSSR count). The smallest absolute Gasteiger partial charge is 0.417 e. The predicted molar refractivity (Wildman–Crippen MR) is 162 cm³/mol. The van der Waals surface area contributed by atoms with Gasteiger partial charge in [-0.05, 0) is 71.6 Å². The van der Waals surface area contributed by atoms with Crippen LogP contribution in [0.3, 0.4) is 0 Å². The Kier molecular flexibility index (Phi) is 10.1. The third kappa shape index (κ3) is 8.08. The van der Waals surface area contributed by atoms with E-state index in [-0.39, 0.29) is 30.4 Å². The molecule has 2 aliphatic heterocycles. The van der Waals surface area contributed by atoms with Crippen LogP contribution in [0.1, 0.15) is 81.3 Å². The van der Waals surface area contributed by atoms with Crippen molar-refractivity contribution >= 4 is 23.6 Å². The molecule has 0 spiro atoms. The zero-order valence-electron chi connectivity index (χ0n) is 26.6. The van der Waals surface area contributed by atoms with Crippen LogP contribution in [0.2, 0.25) is 0 Å². The minimum atomic E-state index is -4.89. The van der Waals surface area contributed by atoms with E-state index in [1.165, 1.54) is 23.6 Å². The van der Waals surface area contributed by atoms with Crippen LogP contribution in [0.4, 0.5) is 23.7 Å². The van der Waals surface area contributed by atoms with Gasteiger partial charge in [0.25, 0.3) is 11.8 Å². The van der Waals surface area contributed by atoms with E-state index in [2.05, 4.69) is 5.32 Å². The lowest BCUT2D eigenvalue weighted by Crippen LogP contribution is -2.54. The van der Waals surface area contributed by atoms with Crippen molar-refractivity contribution in [1.82, 2.24) is 10.2 Å². The number of hydrogen-bond acceptors (Lipinski definition) is 6. The highest BCUT2D eigenvalue weighted by Crippen LogP contribution is 2.44.